The second-order valence-electron chi connectivity index (χ2n) is 31.4. The van der Waals surface area contributed by atoms with Crippen molar-refractivity contribution in [2.75, 3.05) is 39.6 Å². The smallest absolute Gasteiger partial charge is 0.462 e. The molecule has 0 aliphatic carbocycles. The molecule has 5 atom stereocenters. The van der Waals surface area contributed by atoms with Gasteiger partial charge < -0.3 is 33.8 Å². The number of carbonyl (C=O) groups excluding carboxylic acids is 4. The summed E-state index contributed by atoms with van der Waals surface area (Å²) < 4.78 is 68.9. The molecule has 0 fully saturated rings. The molecule has 0 heterocycles. The molecule has 0 saturated heterocycles. The van der Waals surface area contributed by atoms with Crippen molar-refractivity contribution >= 4 is 39.5 Å². The Morgan fingerprint density at radius 1 is 0.257 bits per heavy atom. The van der Waals surface area contributed by atoms with Gasteiger partial charge in [-0.3, -0.25) is 37.3 Å². The SMILES string of the molecule is CCCCCCCCCCCCCCCCCCCCCC(=O)OC[C@H](COP(=O)(O)OC[C@@H](O)COP(=O)(O)OC[C@@H](COC(=O)CCCCCCCCCCCC)OC(=O)CCCCCCCCCCCCCCCCC(C)C)OC(=O)CCCCCCCCCCCCCCCCCCCCC. The minimum absolute atomic E-state index is 0.108. The molecule has 624 valence electrons. The van der Waals surface area contributed by atoms with Gasteiger partial charge in [0.2, 0.25) is 0 Å². The van der Waals surface area contributed by atoms with Gasteiger partial charge in [-0.15, -0.1) is 0 Å². The fourth-order valence-corrected chi connectivity index (χ4v) is 15.1. The van der Waals surface area contributed by atoms with Crippen LogP contribution in [-0.2, 0) is 65.4 Å². The largest absolute Gasteiger partial charge is 0.472 e. The minimum atomic E-state index is -4.96. The van der Waals surface area contributed by atoms with Crippen LogP contribution in [0.1, 0.15) is 465 Å². The molecule has 2 unspecified atom stereocenters. The molecule has 0 aromatic heterocycles. The number of phosphoric ester groups is 2. The highest BCUT2D eigenvalue weighted by atomic mass is 31.2. The van der Waals surface area contributed by atoms with Crippen molar-refractivity contribution in [1.82, 2.24) is 0 Å². The third kappa shape index (κ3) is 79.9. The van der Waals surface area contributed by atoms with Crippen LogP contribution >= 0.6 is 15.6 Å². The molecular formula is C86H168O17P2. The normalized spacial score (nSPS) is 13.8. The van der Waals surface area contributed by atoms with Crippen molar-refractivity contribution in [2.45, 2.75) is 483 Å². The maximum absolute atomic E-state index is 13.1. The number of phosphoric acid groups is 2. The Bertz CT molecular complexity index is 2000. The molecule has 105 heavy (non-hydrogen) atoms. The van der Waals surface area contributed by atoms with Gasteiger partial charge in [-0.25, -0.2) is 9.13 Å². The molecule has 0 amide bonds. The summed E-state index contributed by atoms with van der Waals surface area (Å²) in [5.74, 6) is -1.30. The van der Waals surface area contributed by atoms with Crippen molar-refractivity contribution < 1.29 is 80.2 Å². The van der Waals surface area contributed by atoms with E-state index in [1.165, 1.54) is 289 Å². The zero-order chi connectivity index (χ0) is 76.9. The molecular weight excluding hydrogens is 1370 g/mol. The van der Waals surface area contributed by atoms with Crippen LogP contribution in [0.5, 0.6) is 0 Å². The van der Waals surface area contributed by atoms with E-state index >= 15 is 0 Å². The quantitative estimate of drug-likeness (QED) is 0.0222. The summed E-state index contributed by atoms with van der Waals surface area (Å²) in [5.41, 5.74) is 0. The molecule has 0 radical (unpaired) electrons. The van der Waals surface area contributed by atoms with E-state index in [9.17, 15) is 43.2 Å². The highest BCUT2D eigenvalue weighted by Gasteiger charge is 2.30. The van der Waals surface area contributed by atoms with Gasteiger partial charge in [0.1, 0.15) is 19.3 Å². The summed E-state index contributed by atoms with van der Waals surface area (Å²) in [6.07, 6.45) is 72.2. The van der Waals surface area contributed by atoms with Crippen LogP contribution in [0.3, 0.4) is 0 Å². The van der Waals surface area contributed by atoms with Gasteiger partial charge in [0.05, 0.1) is 26.4 Å². The second kappa shape index (κ2) is 78.7. The Morgan fingerprint density at radius 2 is 0.438 bits per heavy atom. The van der Waals surface area contributed by atoms with Gasteiger partial charge >= 0.3 is 39.5 Å². The van der Waals surface area contributed by atoms with E-state index in [2.05, 4.69) is 34.6 Å². The number of hydrogen-bond donors (Lipinski definition) is 3. The molecule has 19 heteroatoms. The number of unbranched alkanes of at least 4 members (excludes halogenated alkanes) is 58. The highest BCUT2D eigenvalue weighted by Crippen LogP contribution is 2.45. The summed E-state index contributed by atoms with van der Waals surface area (Å²) in [4.78, 5) is 73.2. The molecule has 17 nitrogen and oxygen atoms in total. The molecule has 0 aliphatic rings. The monoisotopic (exact) mass is 1540 g/mol. The summed E-state index contributed by atoms with van der Waals surface area (Å²) in [5, 5.41) is 10.7. The number of rotatable bonds is 86. The first-order chi connectivity index (χ1) is 51.0. The van der Waals surface area contributed by atoms with E-state index in [1.807, 2.05) is 0 Å². The standard InChI is InChI=1S/C86H168O17P2/c1-6-9-12-15-18-21-24-26-28-30-32-34-36-41-45-50-55-60-65-70-84(89)97-76-82(103-85(90)71-66-61-56-51-46-42-37-35-33-31-29-27-25-22-19-16-13-10-7-2)78-101-105(94,95)99-74-80(87)73-98-104(92,93)100-77-81(75-96-83(88)69-64-59-54-49-23-20-17-14-11-8-3)102-86(91)72-67-62-57-52-47-43-39-38-40-44-48-53-58-63-68-79(4)5/h79-82,87H,6-78H2,1-5H3,(H,92,93)(H,94,95)/t80-,81+,82+/m0/s1. The topological polar surface area (TPSA) is 237 Å². The van der Waals surface area contributed by atoms with Gasteiger partial charge in [-0.1, -0.05) is 413 Å². The van der Waals surface area contributed by atoms with E-state index in [0.717, 1.165) is 95.8 Å². The summed E-state index contributed by atoms with van der Waals surface area (Å²) >= 11 is 0. The van der Waals surface area contributed by atoms with E-state index in [-0.39, 0.29) is 25.7 Å². The molecule has 0 aromatic carbocycles. The van der Waals surface area contributed by atoms with Crippen LogP contribution in [0.4, 0.5) is 0 Å². The Labute approximate surface area is 645 Å². The molecule has 3 N–H and O–H groups in total. The van der Waals surface area contributed by atoms with Crippen LogP contribution in [0.2, 0.25) is 0 Å². The number of hydrogen-bond acceptors (Lipinski definition) is 15. The van der Waals surface area contributed by atoms with E-state index in [4.69, 9.17) is 37.0 Å². The zero-order valence-corrected chi connectivity index (χ0v) is 70.7. The van der Waals surface area contributed by atoms with Crippen LogP contribution in [0.15, 0.2) is 0 Å². The Morgan fingerprint density at radius 3 is 0.648 bits per heavy atom. The lowest BCUT2D eigenvalue weighted by Crippen LogP contribution is -2.30. The summed E-state index contributed by atoms with van der Waals surface area (Å²) in [7, 11) is -9.93. The van der Waals surface area contributed by atoms with Crippen LogP contribution in [0.25, 0.3) is 0 Å². The number of aliphatic hydroxyl groups excluding tert-OH is 1. The molecule has 0 rings (SSSR count). The maximum Gasteiger partial charge on any atom is 0.472 e. The van der Waals surface area contributed by atoms with E-state index in [0.29, 0.717) is 25.7 Å². The average molecular weight is 1540 g/mol. The van der Waals surface area contributed by atoms with Gasteiger partial charge in [0.15, 0.2) is 12.2 Å². The van der Waals surface area contributed by atoms with Crippen LogP contribution < -0.4 is 0 Å². The highest BCUT2D eigenvalue weighted by molar-refractivity contribution is 7.47. The predicted molar refractivity (Wildman–Crippen MR) is 432 cm³/mol. The van der Waals surface area contributed by atoms with Crippen molar-refractivity contribution in [3.05, 3.63) is 0 Å². The zero-order valence-electron chi connectivity index (χ0n) is 68.9. The van der Waals surface area contributed by atoms with Crippen molar-refractivity contribution in [1.29, 1.82) is 0 Å². The fourth-order valence-electron chi connectivity index (χ4n) is 13.5. The number of aliphatic hydroxyl groups is 1. The van der Waals surface area contributed by atoms with Crippen molar-refractivity contribution in [3.63, 3.8) is 0 Å². The first-order valence-corrected chi connectivity index (χ1v) is 47.6. The van der Waals surface area contributed by atoms with Gasteiger partial charge in [0.25, 0.3) is 0 Å². The average Bonchev–Trinajstić information content (AvgIpc) is 0.937. The lowest BCUT2D eigenvalue weighted by Gasteiger charge is -2.21. The lowest BCUT2D eigenvalue weighted by molar-refractivity contribution is -0.161. The molecule has 0 bridgehead atoms. The molecule has 0 saturated carbocycles. The van der Waals surface area contributed by atoms with E-state index in [1.54, 1.807) is 0 Å². The Kier molecular flexibility index (Phi) is 77.3. The minimum Gasteiger partial charge on any atom is -0.462 e. The van der Waals surface area contributed by atoms with Crippen LogP contribution in [-0.4, -0.2) is 96.7 Å². The van der Waals surface area contributed by atoms with Crippen molar-refractivity contribution in [2.24, 2.45) is 5.92 Å². The lowest BCUT2D eigenvalue weighted by atomic mass is 10.0. The number of carbonyl (C=O) groups is 4. The van der Waals surface area contributed by atoms with Crippen molar-refractivity contribution in [3.8, 4) is 0 Å². The third-order valence-electron chi connectivity index (χ3n) is 20.3. The fraction of sp³-hybridized carbons (Fsp3) is 0.953. The Hall–Kier alpha value is -1.94. The summed E-state index contributed by atoms with van der Waals surface area (Å²) in [6, 6.07) is 0. The first-order valence-electron chi connectivity index (χ1n) is 44.6. The van der Waals surface area contributed by atoms with Crippen LogP contribution in [0, 0.1) is 5.92 Å². The number of esters is 4. The van der Waals surface area contributed by atoms with E-state index < -0.39 is 97.5 Å². The summed E-state index contributed by atoms with van der Waals surface area (Å²) in [6.45, 7) is 7.38. The second-order valence-corrected chi connectivity index (χ2v) is 34.3. The van der Waals surface area contributed by atoms with Gasteiger partial charge in [-0.05, 0) is 31.6 Å². The van der Waals surface area contributed by atoms with Gasteiger partial charge in [0, 0.05) is 25.7 Å². The van der Waals surface area contributed by atoms with Gasteiger partial charge in [-0.2, -0.15) is 0 Å². The molecule has 0 spiro atoms. The maximum atomic E-state index is 13.1. The predicted octanol–water partition coefficient (Wildman–Crippen LogP) is 26.4. The first kappa shape index (κ1) is 103. The molecule has 0 aromatic rings. The molecule has 0 aliphatic heterocycles. The number of ether oxygens (including phenoxy) is 4. The Balaban J connectivity index is 5.22. The third-order valence-corrected chi connectivity index (χ3v) is 22.2.